The number of nitrogens with zero attached hydrogens (tertiary/aromatic N) is 1. The maximum atomic E-state index is 14.3. The molecule has 3 atom stereocenters. The zero-order valence-corrected chi connectivity index (χ0v) is 20.4. The van der Waals surface area contributed by atoms with E-state index in [4.69, 9.17) is 5.11 Å². The summed E-state index contributed by atoms with van der Waals surface area (Å²) in [6.07, 6.45) is 1.58. The van der Waals surface area contributed by atoms with Gasteiger partial charge in [-0.1, -0.05) is 39.8 Å². The predicted molar refractivity (Wildman–Crippen MR) is 129 cm³/mol. The first-order chi connectivity index (χ1) is 16.7. The number of hydrogen-bond acceptors (Lipinski definition) is 8. The van der Waals surface area contributed by atoms with Crippen LogP contribution in [-0.4, -0.2) is 80.1 Å². The Hall–Kier alpha value is -2.41. The maximum absolute atomic E-state index is 14.3. The molecule has 4 N–H and O–H groups in total. The molecule has 1 aliphatic carbocycles. The van der Waals surface area contributed by atoms with Crippen molar-refractivity contribution in [1.82, 2.24) is 10.2 Å². The largest absolute Gasteiger partial charge is 0.480 e. The van der Waals surface area contributed by atoms with Crippen LogP contribution in [0.3, 0.4) is 0 Å². The average Bonchev–Trinajstić information content (AvgIpc) is 3.65. The molecule has 0 bridgehead atoms. The molecular formula is C23H27FN2O7S2. The normalized spacial score (nSPS) is 22.5. The van der Waals surface area contributed by atoms with E-state index in [9.17, 15) is 33.8 Å². The number of piperidine rings is 1. The number of likely N-dealkylation sites (tertiary alicyclic amines) is 1. The van der Waals surface area contributed by atoms with Gasteiger partial charge in [-0.05, 0) is 30.9 Å². The lowest BCUT2D eigenvalue weighted by Crippen LogP contribution is -2.50. The Morgan fingerprint density at radius 2 is 1.89 bits per heavy atom. The molecule has 2 fully saturated rings. The number of rotatable bonds is 12. The molecule has 0 radical (unpaired) electrons. The highest BCUT2D eigenvalue weighted by molar-refractivity contribution is 8.77. The molecule has 1 amide bonds. The Morgan fingerprint density at radius 1 is 1.17 bits per heavy atom. The van der Waals surface area contributed by atoms with E-state index in [-0.39, 0.29) is 29.2 Å². The smallest absolute Gasteiger partial charge is 0.328 e. The Morgan fingerprint density at radius 3 is 2.51 bits per heavy atom. The predicted octanol–water partition coefficient (Wildman–Crippen LogP) is 1.70. The van der Waals surface area contributed by atoms with Crippen molar-refractivity contribution in [3.8, 4) is 0 Å². The van der Waals surface area contributed by atoms with Crippen molar-refractivity contribution in [2.45, 2.75) is 43.2 Å². The third kappa shape index (κ3) is 7.79. The third-order valence-corrected chi connectivity index (χ3v) is 8.57. The number of Topliss-reactive ketones (excluding diaryl/α,β-unsaturated/α-hetero) is 1. The highest BCUT2D eigenvalue weighted by Crippen LogP contribution is 2.42. The lowest BCUT2D eigenvalue weighted by Gasteiger charge is -2.40. The van der Waals surface area contributed by atoms with Crippen LogP contribution in [0.2, 0.25) is 0 Å². The van der Waals surface area contributed by atoms with E-state index in [1.54, 1.807) is 18.2 Å². The quantitative estimate of drug-likeness (QED) is 0.235. The molecule has 190 valence electrons. The monoisotopic (exact) mass is 526 g/mol. The molecule has 3 rings (SSSR count). The molecule has 1 heterocycles. The molecule has 1 aromatic rings. The molecule has 1 aromatic carbocycles. The molecule has 0 aromatic heterocycles. The maximum Gasteiger partial charge on any atom is 0.328 e. The van der Waals surface area contributed by atoms with Crippen LogP contribution in [0, 0.1) is 11.7 Å². The van der Waals surface area contributed by atoms with Crippen molar-refractivity contribution in [2.24, 2.45) is 5.92 Å². The topological polar surface area (TPSA) is 144 Å². The summed E-state index contributed by atoms with van der Waals surface area (Å²) in [5.74, 6) is -3.89. The number of hydrogen-bond donors (Lipinski definition) is 4. The van der Waals surface area contributed by atoms with Gasteiger partial charge in [-0.2, -0.15) is 0 Å². The van der Waals surface area contributed by atoms with Crippen LogP contribution in [0.5, 0.6) is 0 Å². The van der Waals surface area contributed by atoms with E-state index < -0.39 is 42.4 Å². The second-order valence-electron chi connectivity index (χ2n) is 8.41. The van der Waals surface area contributed by atoms with Crippen molar-refractivity contribution in [3.63, 3.8) is 0 Å². The minimum absolute atomic E-state index is 0.0485. The first-order valence-corrected chi connectivity index (χ1v) is 13.5. The van der Waals surface area contributed by atoms with Gasteiger partial charge in [0.15, 0.2) is 5.78 Å². The number of carboxylic acid groups (broad SMARTS) is 2. The number of aliphatic hydroxyl groups excluding tert-OH is 1. The summed E-state index contributed by atoms with van der Waals surface area (Å²) >= 11 is 0. The number of aliphatic carboxylic acids is 2. The minimum atomic E-state index is -1.44. The summed E-state index contributed by atoms with van der Waals surface area (Å²) in [6.45, 7) is -0.00131. The van der Waals surface area contributed by atoms with Gasteiger partial charge in [-0.15, -0.1) is 0 Å². The fraction of sp³-hybridized carbons (Fsp3) is 0.478. The number of nitrogens with one attached hydrogen (secondary N) is 1. The second-order valence-corrected chi connectivity index (χ2v) is 11.0. The van der Waals surface area contributed by atoms with Gasteiger partial charge < -0.3 is 20.6 Å². The third-order valence-electron chi connectivity index (χ3n) is 5.73. The number of ketones is 1. The van der Waals surface area contributed by atoms with Crippen LogP contribution in [0.15, 0.2) is 35.9 Å². The highest BCUT2D eigenvalue weighted by atomic mass is 33.1. The van der Waals surface area contributed by atoms with Crippen molar-refractivity contribution in [2.75, 3.05) is 18.8 Å². The summed E-state index contributed by atoms with van der Waals surface area (Å²) in [5.41, 5.74) is 0.839. The standard InChI is InChI=1S/C23H27FN2O7S2/c24-16-4-2-1-3-14(16)11-26-8-7-18(35-34-12-17(27)23(33)25-10-20(30)31)15(9-19(28)29)21(26)22(32)13-5-6-13/h1-4,9,13,17-18,21,27H,5-8,10-12H2,(H,25,33)(H,28,29)(H,30,31)/b15-9+. The average molecular weight is 527 g/mol. The van der Waals surface area contributed by atoms with Crippen LogP contribution < -0.4 is 5.32 Å². The molecular weight excluding hydrogens is 499 g/mol. The van der Waals surface area contributed by atoms with E-state index in [2.05, 4.69) is 5.32 Å². The van der Waals surface area contributed by atoms with Crippen molar-refractivity contribution >= 4 is 45.2 Å². The molecule has 1 aliphatic heterocycles. The lowest BCUT2D eigenvalue weighted by molar-refractivity contribution is -0.139. The molecule has 1 saturated carbocycles. The van der Waals surface area contributed by atoms with Gasteiger partial charge in [0.25, 0.3) is 0 Å². The van der Waals surface area contributed by atoms with Crippen LogP contribution in [0.1, 0.15) is 24.8 Å². The van der Waals surface area contributed by atoms with E-state index in [1.807, 2.05) is 4.90 Å². The lowest BCUT2D eigenvalue weighted by atomic mass is 9.89. The van der Waals surface area contributed by atoms with Crippen molar-refractivity contribution < 1.29 is 38.9 Å². The molecule has 9 nitrogen and oxygen atoms in total. The summed E-state index contributed by atoms with van der Waals surface area (Å²) in [6, 6.07) is 5.48. The Bertz CT molecular complexity index is 1000. The van der Waals surface area contributed by atoms with Gasteiger partial charge in [-0.25, -0.2) is 9.18 Å². The zero-order valence-electron chi connectivity index (χ0n) is 18.8. The summed E-state index contributed by atoms with van der Waals surface area (Å²) in [7, 11) is 2.40. The molecule has 2 aliphatic rings. The summed E-state index contributed by atoms with van der Waals surface area (Å²) in [4.78, 5) is 49.1. The number of carbonyl (C=O) groups is 4. The van der Waals surface area contributed by atoms with Gasteiger partial charge in [0.05, 0.1) is 6.04 Å². The minimum Gasteiger partial charge on any atom is -0.480 e. The van der Waals surface area contributed by atoms with Gasteiger partial charge in [-0.3, -0.25) is 19.3 Å². The molecule has 3 unspecified atom stereocenters. The van der Waals surface area contributed by atoms with Crippen molar-refractivity contribution in [3.05, 3.63) is 47.3 Å². The molecule has 1 saturated heterocycles. The number of carbonyl (C=O) groups excluding carboxylic acids is 2. The Kier molecular flexibility index (Phi) is 9.72. The van der Waals surface area contributed by atoms with Gasteiger partial charge in [0, 0.05) is 41.6 Å². The van der Waals surface area contributed by atoms with Crippen LogP contribution in [0.4, 0.5) is 4.39 Å². The zero-order chi connectivity index (χ0) is 25.5. The number of aliphatic hydroxyl groups is 1. The molecule has 35 heavy (non-hydrogen) atoms. The van der Waals surface area contributed by atoms with E-state index >= 15 is 0 Å². The Labute approximate surface area is 209 Å². The molecule has 0 spiro atoms. The number of benzene rings is 1. The van der Waals surface area contributed by atoms with Gasteiger partial charge in [0.2, 0.25) is 5.91 Å². The highest BCUT2D eigenvalue weighted by Gasteiger charge is 2.44. The Balaban J connectivity index is 1.73. The number of halogens is 1. The number of carboxylic acids is 2. The summed E-state index contributed by atoms with van der Waals surface area (Å²) < 4.78 is 14.3. The van der Waals surface area contributed by atoms with Gasteiger partial charge >= 0.3 is 11.9 Å². The fourth-order valence-corrected chi connectivity index (χ4v) is 6.65. The van der Waals surface area contributed by atoms with E-state index in [1.165, 1.54) is 16.9 Å². The first-order valence-electron chi connectivity index (χ1n) is 11.1. The molecule has 12 heteroatoms. The van der Waals surface area contributed by atoms with E-state index in [0.717, 1.165) is 29.7 Å². The fourth-order valence-electron chi connectivity index (χ4n) is 3.88. The summed E-state index contributed by atoms with van der Waals surface area (Å²) in [5, 5.41) is 29.9. The number of amides is 1. The van der Waals surface area contributed by atoms with Crippen LogP contribution in [0.25, 0.3) is 0 Å². The van der Waals surface area contributed by atoms with Crippen LogP contribution >= 0.6 is 21.6 Å². The van der Waals surface area contributed by atoms with Crippen LogP contribution in [-0.2, 0) is 25.7 Å². The van der Waals surface area contributed by atoms with E-state index in [0.29, 0.717) is 24.1 Å². The second kappa shape index (κ2) is 12.5. The first kappa shape index (κ1) is 27.2. The van der Waals surface area contributed by atoms with Crippen molar-refractivity contribution in [1.29, 1.82) is 0 Å². The van der Waals surface area contributed by atoms with Gasteiger partial charge in [0.1, 0.15) is 18.5 Å². The SMILES string of the molecule is O=C(O)/C=C1\C(SSCC(O)C(=O)NCC(=O)O)CCN(Cc2ccccc2F)C1C(=O)C1CC1.